The van der Waals surface area contributed by atoms with Crippen molar-refractivity contribution in [3.8, 4) is 6.07 Å². The number of carbonyl (C=O) groups is 1. The van der Waals surface area contributed by atoms with Crippen molar-refractivity contribution >= 4 is 11.6 Å². The maximum atomic E-state index is 11.9. The maximum Gasteiger partial charge on any atom is 0.242 e. The molecule has 1 heterocycles. The van der Waals surface area contributed by atoms with E-state index in [1.165, 1.54) is 0 Å². The number of amides is 1. The first kappa shape index (κ1) is 13.4. The molecule has 1 atom stereocenters. The molecule has 0 saturated carbocycles. The minimum Gasteiger partial charge on any atom is -0.357 e. The standard InChI is InChI=1S/C14H18N4O/c1-2-12-14(19)17-5-6-18(12)13-4-3-10(8-15)7-11(13)9-16/h3-4,7,12H,2,5-6,8,15H2,1H3,(H,17,19). The van der Waals surface area contributed by atoms with Crippen molar-refractivity contribution in [2.24, 2.45) is 5.73 Å². The first-order valence-electron chi connectivity index (χ1n) is 6.48. The van der Waals surface area contributed by atoms with Gasteiger partial charge in [0.05, 0.1) is 11.3 Å². The van der Waals surface area contributed by atoms with Crippen LogP contribution < -0.4 is 16.0 Å². The van der Waals surface area contributed by atoms with Crippen LogP contribution in [-0.4, -0.2) is 25.0 Å². The van der Waals surface area contributed by atoms with Crippen molar-refractivity contribution in [3.63, 3.8) is 0 Å². The van der Waals surface area contributed by atoms with E-state index in [2.05, 4.69) is 11.4 Å². The highest BCUT2D eigenvalue weighted by Gasteiger charge is 2.29. The molecule has 19 heavy (non-hydrogen) atoms. The van der Waals surface area contributed by atoms with Gasteiger partial charge >= 0.3 is 0 Å². The van der Waals surface area contributed by atoms with Crippen molar-refractivity contribution in [1.82, 2.24) is 5.32 Å². The van der Waals surface area contributed by atoms with Gasteiger partial charge in [0, 0.05) is 19.6 Å². The zero-order chi connectivity index (χ0) is 13.8. The van der Waals surface area contributed by atoms with Gasteiger partial charge in [-0.1, -0.05) is 13.0 Å². The zero-order valence-electron chi connectivity index (χ0n) is 11.0. The molecule has 100 valence electrons. The van der Waals surface area contributed by atoms with Crippen molar-refractivity contribution in [2.45, 2.75) is 25.9 Å². The number of nitriles is 1. The number of nitrogens with two attached hydrogens (primary N) is 1. The highest BCUT2D eigenvalue weighted by molar-refractivity contribution is 5.87. The second-order valence-corrected chi connectivity index (χ2v) is 4.58. The van der Waals surface area contributed by atoms with Crippen molar-refractivity contribution in [2.75, 3.05) is 18.0 Å². The third-order valence-electron chi connectivity index (χ3n) is 3.44. The quantitative estimate of drug-likeness (QED) is 0.837. The molecular weight excluding hydrogens is 240 g/mol. The SMILES string of the molecule is CCC1C(=O)NCCN1c1ccc(CN)cc1C#N. The van der Waals surface area contributed by atoms with E-state index in [4.69, 9.17) is 5.73 Å². The van der Waals surface area contributed by atoms with Gasteiger partial charge < -0.3 is 16.0 Å². The van der Waals surface area contributed by atoms with E-state index in [9.17, 15) is 10.1 Å². The van der Waals surface area contributed by atoms with E-state index in [-0.39, 0.29) is 11.9 Å². The van der Waals surface area contributed by atoms with Gasteiger partial charge in [0.25, 0.3) is 0 Å². The second-order valence-electron chi connectivity index (χ2n) is 4.58. The Hall–Kier alpha value is -2.06. The number of hydrogen-bond acceptors (Lipinski definition) is 4. The number of anilines is 1. The molecule has 2 rings (SSSR count). The summed E-state index contributed by atoms with van der Waals surface area (Å²) in [6, 6.07) is 7.60. The molecule has 1 aromatic rings. The van der Waals surface area contributed by atoms with Gasteiger partial charge in [-0.2, -0.15) is 5.26 Å². The lowest BCUT2D eigenvalue weighted by molar-refractivity contribution is -0.123. The highest BCUT2D eigenvalue weighted by atomic mass is 16.2. The number of nitrogens with zero attached hydrogens (tertiary/aromatic N) is 2. The Bertz CT molecular complexity index is 521. The summed E-state index contributed by atoms with van der Waals surface area (Å²) in [6.07, 6.45) is 0.718. The fourth-order valence-electron chi connectivity index (χ4n) is 2.46. The summed E-state index contributed by atoms with van der Waals surface area (Å²) < 4.78 is 0. The van der Waals surface area contributed by atoms with Crippen LogP contribution >= 0.6 is 0 Å². The number of benzene rings is 1. The normalized spacial score (nSPS) is 18.9. The summed E-state index contributed by atoms with van der Waals surface area (Å²) in [4.78, 5) is 13.9. The lowest BCUT2D eigenvalue weighted by atomic mass is 10.0. The fourth-order valence-corrected chi connectivity index (χ4v) is 2.46. The number of nitrogens with one attached hydrogen (secondary N) is 1. The van der Waals surface area contributed by atoms with Crippen LogP contribution in [0.25, 0.3) is 0 Å². The highest BCUT2D eigenvalue weighted by Crippen LogP contribution is 2.25. The molecule has 0 radical (unpaired) electrons. The van der Waals surface area contributed by atoms with E-state index in [0.29, 0.717) is 18.7 Å². The predicted octanol–water partition coefficient (Wildman–Crippen LogP) is 0.732. The lowest BCUT2D eigenvalue weighted by Crippen LogP contribution is -2.55. The third kappa shape index (κ3) is 2.54. The Morgan fingerprint density at radius 3 is 3.00 bits per heavy atom. The molecule has 0 aliphatic carbocycles. The average Bonchev–Trinajstić information content (AvgIpc) is 2.46. The van der Waals surface area contributed by atoms with Crippen LogP contribution in [-0.2, 0) is 11.3 Å². The molecule has 1 unspecified atom stereocenters. The molecule has 1 fully saturated rings. The topological polar surface area (TPSA) is 82.2 Å². The van der Waals surface area contributed by atoms with Crippen LogP contribution in [0.5, 0.6) is 0 Å². The summed E-state index contributed by atoms with van der Waals surface area (Å²) in [6.45, 7) is 3.72. The Labute approximate surface area is 113 Å². The van der Waals surface area contributed by atoms with Crippen molar-refractivity contribution in [3.05, 3.63) is 29.3 Å². The third-order valence-corrected chi connectivity index (χ3v) is 3.44. The summed E-state index contributed by atoms with van der Waals surface area (Å²) in [5, 5.41) is 12.1. The maximum absolute atomic E-state index is 11.9. The minimum absolute atomic E-state index is 0.0283. The largest absolute Gasteiger partial charge is 0.357 e. The molecule has 0 bridgehead atoms. The predicted molar refractivity (Wildman–Crippen MR) is 73.5 cm³/mol. The summed E-state index contributed by atoms with van der Waals surface area (Å²) in [7, 11) is 0. The van der Waals surface area contributed by atoms with Gasteiger partial charge in [-0.15, -0.1) is 0 Å². The van der Waals surface area contributed by atoms with Crippen LogP contribution in [0.2, 0.25) is 0 Å². The summed E-state index contributed by atoms with van der Waals surface area (Å²) in [5.41, 5.74) is 7.92. The van der Waals surface area contributed by atoms with Gasteiger partial charge in [0.2, 0.25) is 5.91 Å². The molecule has 0 spiro atoms. The van der Waals surface area contributed by atoms with Crippen LogP contribution in [0.1, 0.15) is 24.5 Å². The first-order valence-corrected chi connectivity index (χ1v) is 6.48. The number of piperazine rings is 1. The summed E-state index contributed by atoms with van der Waals surface area (Å²) in [5.74, 6) is 0.0283. The smallest absolute Gasteiger partial charge is 0.242 e. The average molecular weight is 258 g/mol. The Morgan fingerprint density at radius 1 is 1.58 bits per heavy atom. The van der Waals surface area contributed by atoms with Gasteiger partial charge in [0.15, 0.2) is 0 Å². The van der Waals surface area contributed by atoms with E-state index in [0.717, 1.165) is 24.2 Å². The van der Waals surface area contributed by atoms with E-state index in [1.54, 1.807) is 6.07 Å². The van der Waals surface area contributed by atoms with Gasteiger partial charge in [-0.3, -0.25) is 4.79 Å². The van der Waals surface area contributed by atoms with Gasteiger partial charge in [-0.25, -0.2) is 0 Å². The molecule has 5 nitrogen and oxygen atoms in total. The second kappa shape index (κ2) is 5.72. The summed E-state index contributed by atoms with van der Waals surface area (Å²) >= 11 is 0. The van der Waals surface area contributed by atoms with Crippen molar-refractivity contribution in [1.29, 1.82) is 5.26 Å². The Balaban J connectivity index is 2.40. The van der Waals surface area contributed by atoms with Crippen LogP contribution in [0.15, 0.2) is 18.2 Å². The van der Waals surface area contributed by atoms with Crippen molar-refractivity contribution < 1.29 is 4.79 Å². The van der Waals surface area contributed by atoms with E-state index >= 15 is 0 Å². The molecule has 3 N–H and O–H groups in total. The van der Waals surface area contributed by atoms with Crippen LogP contribution in [0, 0.1) is 11.3 Å². The van der Waals surface area contributed by atoms with E-state index < -0.39 is 0 Å². The molecule has 1 aliphatic heterocycles. The fraction of sp³-hybridized carbons (Fsp3) is 0.429. The first-order chi connectivity index (χ1) is 9.21. The molecule has 5 heteroatoms. The Kier molecular flexibility index (Phi) is 4.03. The molecule has 0 aromatic heterocycles. The molecular formula is C14H18N4O. The minimum atomic E-state index is -0.204. The van der Waals surface area contributed by atoms with Crippen LogP contribution in [0.3, 0.4) is 0 Å². The van der Waals surface area contributed by atoms with Gasteiger partial charge in [0.1, 0.15) is 12.1 Å². The molecule has 1 aliphatic rings. The number of hydrogen-bond donors (Lipinski definition) is 2. The molecule has 1 saturated heterocycles. The number of carbonyl (C=O) groups excluding carboxylic acids is 1. The van der Waals surface area contributed by atoms with Crippen LogP contribution in [0.4, 0.5) is 5.69 Å². The Morgan fingerprint density at radius 2 is 2.37 bits per heavy atom. The zero-order valence-corrected chi connectivity index (χ0v) is 11.0. The molecule has 1 amide bonds. The molecule has 1 aromatic carbocycles. The number of rotatable bonds is 3. The monoisotopic (exact) mass is 258 g/mol. The van der Waals surface area contributed by atoms with Gasteiger partial charge in [-0.05, 0) is 24.1 Å². The lowest BCUT2D eigenvalue weighted by Gasteiger charge is -2.36. The van der Waals surface area contributed by atoms with E-state index in [1.807, 2.05) is 24.0 Å².